The third-order valence-electron chi connectivity index (χ3n) is 3.76. The van der Waals surface area contributed by atoms with Gasteiger partial charge in [-0.05, 0) is 30.4 Å². The van der Waals surface area contributed by atoms with Crippen molar-refractivity contribution in [2.24, 2.45) is 0 Å². The van der Waals surface area contributed by atoms with E-state index < -0.39 is 0 Å². The minimum absolute atomic E-state index is 0.337. The Morgan fingerprint density at radius 2 is 2.21 bits per heavy atom. The van der Waals surface area contributed by atoms with Crippen LogP contribution in [0.15, 0.2) is 36.9 Å². The van der Waals surface area contributed by atoms with Crippen LogP contribution in [0.25, 0.3) is 0 Å². The molecule has 0 N–H and O–H groups in total. The number of hydrogen-bond donors (Lipinski definition) is 0. The molecule has 0 radical (unpaired) electrons. The maximum atomic E-state index is 5.99. The number of benzene rings is 1. The van der Waals surface area contributed by atoms with Gasteiger partial charge in [0, 0.05) is 6.54 Å². The molecule has 1 aliphatic heterocycles. The summed E-state index contributed by atoms with van der Waals surface area (Å²) in [5.74, 6) is 0. The summed E-state index contributed by atoms with van der Waals surface area (Å²) in [7, 11) is 0. The van der Waals surface area contributed by atoms with Crippen LogP contribution in [0.5, 0.6) is 0 Å². The van der Waals surface area contributed by atoms with Crippen molar-refractivity contribution in [2.45, 2.75) is 45.1 Å². The molecule has 1 aromatic carbocycles. The van der Waals surface area contributed by atoms with E-state index in [1.165, 1.54) is 24.0 Å². The van der Waals surface area contributed by atoms with Crippen LogP contribution >= 0.6 is 0 Å². The quantitative estimate of drug-likeness (QED) is 0.535. The van der Waals surface area contributed by atoms with Crippen molar-refractivity contribution in [1.82, 2.24) is 5.06 Å². The first-order chi connectivity index (χ1) is 9.36. The Labute approximate surface area is 117 Å². The van der Waals surface area contributed by atoms with Crippen molar-refractivity contribution in [1.29, 1.82) is 0 Å². The zero-order valence-electron chi connectivity index (χ0n) is 12.0. The summed E-state index contributed by atoms with van der Waals surface area (Å²) < 4.78 is 0. The van der Waals surface area contributed by atoms with Crippen LogP contribution < -0.4 is 0 Å². The van der Waals surface area contributed by atoms with Crippen molar-refractivity contribution in [3.63, 3.8) is 0 Å². The van der Waals surface area contributed by atoms with Gasteiger partial charge in [-0.1, -0.05) is 50.1 Å². The summed E-state index contributed by atoms with van der Waals surface area (Å²) in [6.07, 6.45) is 7.66. The second-order valence-electron chi connectivity index (χ2n) is 5.17. The minimum atomic E-state index is 0.337. The van der Waals surface area contributed by atoms with Crippen LogP contribution in [0.3, 0.4) is 0 Å². The van der Waals surface area contributed by atoms with E-state index in [9.17, 15) is 0 Å². The summed E-state index contributed by atoms with van der Waals surface area (Å²) in [5, 5.41) is 2.17. The highest BCUT2D eigenvalue weighted by molar-refractivity contribution is 5.32. The van der Waals surface area contributed by atoms with Crippen molar-refractivity contribution >= 4 is 0 Å². The average Bonchev–Trinajstić information content (AvgIpc) is 2.45. The van der Waals surface area contributed by atoms with E-state index in [2.05, 4.69) is 42.8 Å². The Morgan fingerprint density at radius 3 is 3.00 bits per heavy atom. The molecule has 0 aliphatic carbocycles. The Kier molecular flexibility index (Phi) is 5.62. The van der Waals surface area contributed by atoms with E-state index in [4.69, 9.17) is 4.84 Å². The number of unbranched alkanes of at least 4 members (excludes halogenated alkanes) is 2. The summed E-state index contributed by atoms with van der Waals surface area (Å²) >= 11 is 0. The largest absolute Gasteiger partial charge is 0.298 e. The van der Waals surface area contributed by atoms with Gasteiger partial charge >= 0.3 is 0 Å². The summed E-state index contributed by atoms with van der Waals surface area (Å²) in [5.41, 5.74) is 2.87. The molecule has 1 heterocycles. The van der Waals surface area contributed by atoms with Gasteiger partial charge in [0.2, 0.25) is 0 Å². The molecule has 1 atom stereocenters. The van der Waals surface area contributed by atoms with Gasteiger partial charge in [0.15, 0.2) is 0 Å². The minimum Gasteiger partial charge on any atom is -0.298 e. The molecule has 2 heteroatoms. The van der Waals surface area contributed by atoms with Crippen LogP contribution in [-0.4, -0.2) is 18.2 Å². The number of fused-ring (bicyclic) bond motifs is 1. The Balaban J connectivity index is 2.02. The van der Waals surface area contributed by atoms with Crippen molar-refractivity contribution < 1.29 is 4.84 Å². The standard InChI is InChI=1S/C17H25NO/c1-3-5-8-14-19-18-13-12-15-10-6-7-11-16(15)17(18)9-4-2/h4,6-7,10-11,17H,2-3,5,8-9,12-14H2,1H3. The lowest BCUT2D eigenvalue weighted by molar-refractivity contribution is -0.192. The van der Waals surface area contributed by atoms with E-state index in [-0.39, 0.29) is 0 Å². The van der Waals surface area contributed by atoms with Gasteiger partial charge in [-0.2, -0.15) is 5.06 Å². The molecular weight excluding hydrogens is 234 g/mol. The molecule has 2 rings (SSSR count). The molecule has 0 spiro atoms. The van der Waals surface area contributed by atoms with Crippen LogP contribution in [0.2, 0.25) is 0 Å². The zero-order chi connectivity index (χ0) is 13.5. The van der Waals surface area contributed by atoms with Crippen LogP contribution in [-0.2, 0) is 11.3 Å². The van der Waals surface area contributed by atoms with Gasteiger partial charge in [-0.3, -0.25) is 4.84 Å². The Hall–Kier alpha value is -1.12. The van der Waals surface area contributed by atoms with Crippen molar-refractivity contribution in [3.8, 4) is 0 Å². The van der Waals surface area contributed by atoms with E-state index in [0.717, 1.165) is 32.4 Å². The number of hydrogen-bond acceptors (Lipinski definition) is 2. The molecule has 2 nitrogen and oxygen atoms in total. The molecule has 0 fully saturated rings. The third kappa shape index (κ3) is 3.68. The SMILES string of the molecule is C=CCC1c2ccccc2CCN1OCCCCC. The summed E-state index contributed by atoms with van der Waals surface area (Å²) in [6.45, 7) is 7.93. The predicted octanol–water partition coefficient (Wildman–Crippen LogP) is 4.28. The third-order valence-corrected chi connectivity index (χ3v) is 3.76. The summed E-state index contributed by atoms with van der Waals surface area (Å²) in [6, 6.07) is 9.05. The van der Waals surface area contributed by atoms with Gasteiger partial charge in [0.1, 0.15) is 0 Å². The lowest BCUT2D eigenvalue weighted by atomic mass is 9.92. The highest BCUT2D eigenvalue weighted by Gasteiger charge is 2.26. The van der Waals surface area contributed by atoms with Gasteiger partial charge in [-0.15, -0.1) is 6.58 Å². The second kappa shape index (κ2) is 7.46. The van der Waals surface area contributed by atoms with Crippen LogP contribution in [0, 0.1) is 0 Å². The van der Waals surface area contributed by atoms with E-state index >= 15 is 0 Å². The van der Waals surface area contributed by atoms with E-state index in [0.29, 0.717) is 6.04 Å². The molecule has 0 amide bonds. The highest BCUT2D eigenvalue weighted by atomic mass is 16.7. The topological polar surface area (TPSA) is 12.5 Å². The fraction of sp³-hybridized carbons (Fsp3) is 0.529. The Bertz CT molecular complexity index is 402. The van der Waals surface area contributed by atoms with Crippen molar-refractivity contribution in [2.75, 3.05) is 13.2 Å². The van der Waals surface area contributed by atoms with Crippen LogP contribution in [0.1, 0.15) is 49.8 Å². The van der Waals surface area contributed by atoms with E-state index in [1.54, 1.807) is 0 Å². The van der Waals surface area contributed by atoms with Gasteiger partial charge in [-0.25, -0.2) is 0 Å². The molecule has 0 bridgehead atoms. The predicted molar refractivity (Wildman–Crippen MR) is 79.9 cm³/mol. The molecule has 0 saturated carbocycles. The van der Waals surface area contributed by atoms with Gasteiger partial charge in [0.05, 0.1) is 12.6 Å². The molecular formula is C17H25NO. The molecule has 19 heavy (non-hydrogen) atoms. The first kappa shape index (κ1) is 14.3. The first-order valence-corrected chi connectivity index (χ1v) is 7.45. The lowest BCUT2D eigenvalue weighted by Crippen LogP contribution is -2.35. The van der Waals surface area contributed by atoms with E-state index in [1.807, 2.05) is 6.08 Å². The maximum absolute atomic E-state index is 5.99. The number of nitrogens with zero attached hydrogens (tertiary/aromatic N) is 1. The zero-order valence-corrected chi connectivity index (χ0v) is 12.0. The Morgan fingerprint density at radius 1 is 1.37 bits per heavy atom. The van der Waals surface area contributed by atoms with Gasteiger partial charge in [0.25, 0.3) is 0 Å². The molecule has 1 aromatic rings. The van der Waals surface area contributed by atoms with Gasteiger partial charge < -0.3 is 0 Å². The summed E-state index contributed by atoms with van der Waals surface area (Å²) in [4.78, 5) is 5.99. The maximum Gasteiger partial charge on any atom is 0.0685 e. The molecule has 1 unspecified atom stereocenters. The molecule has 104 valence electrons. The fourth-order valence-electron chi connectivity index (χ4n) is 2.72. The molecule has 0 aromatic heterocycles. The normalized spacial score (nSPS) is 19.1. The smallest absolute Gasteiger partial charge is 0.0685 e. The fourth-order valence-corrected chi connectivity index (χ4v) is 2.72. The molecule has 0 saturated heterocycles. The average molecular weight is 259 g/mol. The number of hydroxylamine groups is 2. The monoisotopic (exact) mass is 259 g/mol. The highest BCUT2D eigenvalue weighted by Crippen LogP contribution is 2.32. The number of rotatable bonds is 7. The first-order valence-electron chi connectivity index (χ1n) is 7.45. The molecule has 1 aliphatic rings. The second-order valence-corrected chi connectivity index (χ2v) is 5.17. The van der Waals surface area contributed by atoms with Crippen LogP contribution in [0.4, 0.5) is 0 Å². The lowest BCUT2D eigenvalue weighted by Gasteiger charge is -2.35. The van der Waals surface area contributed by atoms with Crippen molar-refractivity contribution in [3.05, 3.63) is 48.0 Å².